The minimum absolute atomic E-state index is 0.0593. The monoisotopic (exact) mass is 384 g/mol. The number of sulfonamides is 1. The largest absolute Gasteiger partial charge is 0.321 e. The Morgan fingerprint density at radius 3 is 2.56 bits per heavy atom. The SMILES string of the molecule is O=C(CNS(=O)(=O)c1ccccc1)N/N=C/c1cc2ccccc2[nH]c1=O. The highest BCUT2D eigenvalue weighted by Crippen LogP contribution is 2.09. The van der Waals surface area contributed by atoms with Gasteiger partial charge in [0.15, 0.2) is 0 Å². The molecular weight excluding hydrogens is 368 g/mol. The van der Waals surface area contributed by atoms with Gasteiger partial charge in [-0.25, -0.2) is 18.6 Å². The molecule has 0 aliphatic carbocycles. The number of fused-ring (bicyclic) bond motifs is 1. The third-order valence-electron chi connectivity index (χ3n) is 3.65. The van der Waals surface area contributed by atoms with Crippen LogP contribution in [0.1, 0.15) is 5.56 Å². The highest BCUT2D eigenvalue weighted by Gasteiger charge is 2.14. The first-order valence-electron chi connectivity index (χ1n) is 7.94. The predicted molar refractivity (Wildman–Crippen MR) is 102 cm³/mol. The lowest BCUT2D eigenvalue weighted by Gasteiger charge is -2.05. The van der Waals surface area contributed by atoms with Crippen LogP contribution < -0.4 is 15.7 Å². The van der Waals surface area contributed by atoms with Gasteiger partial charge in [-0.1, -0.05) is 36.4 Å². The molecule has 9 heteroatoms. The van der Waals surface area contributed by atoms with E-state index in [1.165, 1.54) is 18.3 Å². The third kappa shape index (κ3) is 4.66. The van der Waals surface area contributed by atoms with Crippen molar-refractivity contribution in [2.75, 3.05) is 6.54 Å². The number of carbonyl (C=O) groups excluding carboxylic acids is 1. The Morgan fingerprint density at radius 2 is 1.78 bits per heavy atom. The number of amides is 1. The van der Waals surface area contributed by atoms with E-state index >= 15 is 0 Å². The maximum Gasteiger partial charge on any atom is 0.257 e. The molecule has 1 heterocycles. The van der Waals surface area contributed by atoms with E-state index < -0.39 is 22.5 Å². The van der Waals surface area contributed by atoms with E-state index in [1.54, 1.807) is 30.3 Å². The van der Waals surface area contributed by atoms with E-state index in [9.17, 15) is 18.0 Å². The molecule has 0 bridgehead atoms. The lowest BCUT2D eigenvalue weighted by Crippen LogP contribution is -2.35. The van der Waals surface area contributed by atoms with E-state index in [1.807, 2.05) is 18.2 Å². The minimum atomic E-state index is -3.78. The lowest BCUT2D eigenvalue weighted by atomic mass is 10.2. The maximum atomic E-state index is 12.0. The van der Waals surface area contributed by atoms with Gasteiger partial charge in [-0.15, -0.1) is 0 Å². The summed E-state index contributed by atoms with van der Waals surface area (Å²) < 4.78 is 26.2. The Bertz CT molecular complexity index is 1150. The number of benzene rings is 2. The molecule has 0 unspecified atom stereocenters. The normalized spacial score (nSPS) is 11.7. The average molecular weight is 384 g/mol. The quantitative estimate of drug-likeness (QED) is 0.433. The van der Waals surface area contributed by atoms with Crippen LogP contribution in [0.4, 0.5) is 0 Å². The van der Waals surface area contributed by atoms with Crippen LogP contribution in [0.5, 0.6) is 0 Å². The first kappa shape index (κ1) is 18.5. The third-order valence-corrected chi connectivity index (χ3v) is 5.07. The Balaban J connectivity index is 1.61. The van der Waals surface area contributed by atoms with E-state index in [4.69, 9.17) is 0 Å². The summed E-state index contributed by atoms with van der Waals surface area (Å²) in [6, 6.07) is 16.6. The number of H-pyrrole nitrogens is 1. The summed E-state index contributed by atoms with van der Waals surface area (Å²) in [5, 5.41) is 4.52. The molecular formula is C18H16N4O4S. The molecule has 8 nitrogen and oxygen atoms in total. The van der Waals surface area contributed by atoms with Gasteiger partial charge in [0.05, 0.1) is 23.2 Å². The topological polar surface area (TPSA) is 120 Å². The zero-order chi connectivity index (χ0) is 19.3. The molecule has 0 spiro atoms. The molecule has 138 valence electrons. The van der Waals surface area contributed by atoms with Crippen LogP contribution >= 0.6 is 0 Å². The fourth-order valence-electron chi connectivity index (χ4n) is 2.32. The van der Waals surface area contributed by atoms with Gasteiger partial charge in [-0.05, 0) is 29.7 Å². The average Bonchev–Trinajstić information content (AvgIpc) is 2.67. The Hall–Kier alpha value is -3.30. The van der Waals surface area contributed by atoms with Crippen molar-refractivity contribution in [1.82, 2.24) is 15.1 Å². The van der Waals surface area contributed by atoms with Gasteiger partial charge >= 0.3 is 0 Å². The number of hydrogen-bond acceptors (Lipinski definition) is 5. The van der Waals surface area contributed by atoms with Crippen LogP contribution in [-0.2, 0) is 14.8 Å². The van der Waals surface area contributed by atoms with Crippen LogP contribution in [0.3, 0.4) is 0 Å². The highest BCUT2D eigenvalue weighted by atomic mass is 32.2. The molecule has 0 aliphatic rings. The van der Waals surface area contributed by atoms with Gasteiger partial charge < -0.3 is 4.98 Å². The summed E-state index contributed by atoms with van der Waals surface area (Å²) in [5.74, 6) is -0.664. The molecule has 3 N–H and O–H groups in total. The van der Waals surface area contributed by atoms with Crippen molar-refractivity contribution in [2.45, 2.75) is 4.90 Å². The van der Waals surface area contributed by atoms with E-state index in [2.05, 4.69) is 20.2 Å². The molecule has 3 aromatic rings. The number of pyridine rings is 1. The summed E-state index contributed by atoms with van der Waals surface area (Å²) in [6.45, 7) is -0.483. The first-order valence-corrected chi connectivity index (χ1v) is 9.43. The fourth-order valence-corrected chi connectivity index (χ4v) is 3.32. The molecule has 27 heavy (non-hydrogen) atoms. The number of hydrazone groups is 1. The summed E-state index contributed by atoms with van der Waals surface area (Å²) in [7, 11) is -3.78. The smallest absolute Gasteiger partial charge is 0.257 e. The predicted octanol–water partition coefficient (Wildman–Crippen LogP) is 0.957. The molecule has 1 aromatic heterocycles. The van der Waals surface area contributed by atoms with Gasteiger partial charge in [0.1, 0.15) is 0 Å². The second-order valence-corrected chi connectivity index (χ2v) is 7.34. The molecule has 0 aliphatic heterocycles. The van der Waals surface area contributed by atoms with Crippen molar-refractivity contribution in [3.05, 3.63) is 76.6 Å². The Labute approximate surface area is 155 Å². The lowest BCUT2D eigenvalue weighted by molar-refractivity contribution is -0.119. The van der Waals surface area contributed by atoms with E-state index in [0.717, 1.165) is 5.39 Å². The Kier molecular flexibility index (Phi) is 5.43. The second-order valence-electron chi connectivity index (χ2n) is 5.57. The van der Waals surface area contributed by atoms with E-state index in [0.29, 0.717) is 5.52 Å². The van der Waals surface area contributed by atoms with Crippen LogP contribution in [-0.4, -0.2) is 32.1 Å². The molecule has 2 aromatic carbocycles. The zero-order valence-corrected chi connectivity index (χ0v) is 14.9. The van der Waals surface area contributed by atoms with Crippen LogP contribution in [0.2, 0.25) is 0 Å². The molecule has 0 saturated heterocycles. The van der Waals surface area contributed by atoms with Crippen molar-refractivity contribution in [2.24, 2.45) is 5.10 Å². The molecule has 0 saturated carbocycles. The fraction of sp³-hybridized carbons (Fsp3) is 0.0556. The van der Waals surface area contributed by atoms with Crippen LogP contribution in [0.15, 0.2) is 75.5 Å². The zero-order valence-electron chi connectivity index (χ0n) is 14.0. The van der Waals surface area contributed by atoms with E-state index in [-0.39, 0.29) is 16.0 Å². The number of nitrogens with zero attached hydrogens (tertiary/aromatic N) is 1. The standard InChI is InChI=1S/C18H16N4O4S/c23-17(12-20-27(25,26)15-7-2-1-3-8-15)22-19-11-14-10-13-6-4-5-9-16(13)21-18(14)24/h1-11,20H,12H2,(H,21,24)(H,22,23)/b19-11+. The van der Waals surface area contributed by atoms with Gasteiger partial charge in [-0.3, -0.25) is 9.59 Å². The minimum Gasteiger partial charge on any atom is -0.321 e. The van der Waals surface area contributed by atoms with Gasteiger partial charge in [-0.2, -0.15) is 5.10 Å². The van der Waals surface area contributed by atoms with Gasteiger partial charge in [0.25, 0.3) is 11.5 Å². The summed E-state index contributed by atoms with van der Waals surface area (Å²) >= 11 is 0. The number of carbonyl (C=O) groups is 1. The van der Waals surface area contributed by atoms with Crippen molar-refractivity contribution in [3.8, 4) is 0 Å². The summed E-state index contributed by atoms with van der Waals surface area (Å²) in [6.07, 6.45) is 1.20. The number of hydrogen-bond donors (Lipinski definition) is 3. The Morgan fingerprint density at radius 1 is 1.07 bits per heavy atom. The highest BCUT2D eigenvalue weighted by molar-refractivity contribution is 7.89. The van der Waals surface area contributed by atoms with Gasteiger partial charge in [0.2, 0.25) is 10.0 Å². The number of rotatable bonds is 6. The number of para-hydroxylation sites is 1. The molecule has 0 atom stereocenters. The first-order chi connectivity index (χ1) is 13.0. The number of aromatic amines is 1. The molecule has 0 radical (unpaired) electrons. The van der Waals surface area contributed by atoms with Crippen LogP contribution in [0.25, 0.3) is 10.9 Å². The number of nitrogens with one attached hydrogen (secondary N) is 3. The molecule has 1 amide bonds. The molecule has 0 fully saturated rings. The van der Waals surface area contributed by atoms with Crippen molar-refractivity contribution < 1.29 is 13.2 Å². The van der Waals surface area contributed by atoms with Crippen molar-refractivity contribution >= 4 is 33.0 Å². The second kappa shape index (κ2) is 7.94. The van der Waals surface area contributed by atoms with Gasteiger partial charge in [0, 0.05) is 5.52 Å². The van der Waals surface area contributed by atoms with Crippen LogP contribution in [0, 0.1) is 0 Å². The van der Waals surface area contributed by atoms with Crippen molar-refractivity contribution in [3.63, 3.8) is 0 Å². The summed E-state index contributed by atoms with van der Waals surface area (Å²) in [5.41, 5.74) is 2.79. The van der Waals surface area contributed by atoms with Crippen molar-refractivity contribution in [1.29, 1.82) is 0 Å². The molecule has 3 rings (SSSR count). The number of aromatic nitrogens is 1. The summed E-state index contributed by atoms with van der Waals surface area (Å²) in [4.78, 5) is 26.5. The maximum absolute atomic E-state index is 12.0.